The quantitative estimate of drug-likeness (QED) is 0.813. The topological polar surface area (TPSA) is 50.9 Å². The Morgan fingerprint density at radius 2 is 1.94 bits per heavy atom. The van der Waals surface area contributed by atoms with Crippen LogP contribution in [0, 0.1) is 11.8 Å². The summed E-state index contributed by atoms with van der Waals surface area (Å²) in [6.07, 6.45) is 6.71. The molecule has 0 bridgehead atoms. The number of hydrogen-bond acceptors (Lipinski definition) is 3. The van der Waals surface area contributed by atoms with E-state index in [9.17, 15) is 0 Å². The van der Waals surface area contributed by atoms with Crippen LogP contribution in [0.3, 0.4) is 0 Å². The number of nitrogens with one attached hydrogen (secondary N) is 1. The summed E-state index contributed by atoms with van der Waals surface area (Å²) in [5.41, 5.74) is 6.40. The second-order valence-electron chi connectivity index (χ2n) is 5.28. The van der Waals surface area contributed by atoms with Crippen LogP contribution in [0.15, 0.2) is 12.1 Å². The van der Waals surface area contributed by atoms with Gasteiger partial charge in [-0.25, -0.2) is 4.98 Å². The van der Waals surface area contributed by atoms with E-state index < -0.39 is 0 Å². The minimum Gasteiger partial charge on any atom is -0.399 e. The maximum Gasteiger partial charge on any atom is 0.133 e. The van der Waals surface area contributed by atoms with Gasteiger partial charge in [0.1, 0.15) is 11.0 Å². The fourth-order valence-electron chi connectivity index (χ4n) is 2.70. The van der Waals surface area contributed by atoms with Crippen molar-refractivity contribution in [2.24, 2.45) is 11.8 Å². The minimum atomic E-state index is 0.451. The van der Waals surface area contributed by atoms with Crippen molar-refractivity contribution >= 4 is 23.1 Å². The molecule has 4 heteroatoms. The molecule has 0 atom stereocenters. The number of aromatic nitrogens is 1. The predicted molar refractivity (Wildman–Crippen MR) is 77.9 cm³/mol. The van der Waals surface area contributed by atoms with Gasteiger partial charge in [0, 0.05) is 18.3 Å². The Balaban J connectivity index is 1.81. The summed E-state index contributed by atoms with van der Waals surface area (Å²) in [6.45, 7) is 3.27. The lowest BCUT2D eigenvalue weighted by Gasteiger charge is -2.28. The Morgan fingerprint density at radius 1 is 1.28 bits per heavy atom. The molecule has 2 rings (SSSR count). The second kappa shape index (κ2) is 6.28. The molecule has 0 radical (unpaired) electrons. The molecule has 1 fully saturated rings. The van der Waals surface area contributed by atoms with E-state index in [1.165, 1.54) is 32.1 Å². The molecule has 0 saturated heterocycles. The molecule has 100 valence electrons. The highest BCUT2D eigenvalue weighted by Gasteiger charge is 2.19. The third kappa shape index (κ3) is 3.77. The monoisotopic (exact) mass is 267 g/mol. The molecular weight excluding hydrogens is 246 g/mol. The predicted octanol–water partition coefficient (Wildman–Crippen LogP) is 3.95. The molecule has 1 aliphatic rings. The lowest BCUT2D eigenvalue weighted by molar-refractivity contribution is 0.278. The molecular formula is C14H22ClN3. The Kier molecular flexibility index (Phi) is 4.70. The van der Waals surface area contributed by atoms with Crippen molar-refractivity contribution in [3.63, 3.8) is 0 Å². The van der Waals surface area contributed by atoms with Crippen LogP contribution in [0.5, 0.6) is 0 Å². The number of nitrogen functional groups attached to an aromatic ring is 1. The van der Waals surface area contributed by atoms with Crippen LogP contribution in [-0.2, 0) is 0 Å². The van der Waals surface area contributed by atoms with Crippen molar-refractivity contribution in [2.75, 3.05) is 17.6 Å². The van der Waals surface area contributed by atoms with Gasteiger partial charge in [-0.15, -0.1) is 0 Å². The van der Waals surface area contributed by atoms with Gasteiger partial charge >= 0.3 is 0 Å². The van der Waals surface area contributed by atoms with Crippen LogP contribution < -0.4 is 11.1 Å². The highest BCUT2D eigenvalue weighted by atomic mass is 35.5. The lowest BCUT2D eigenvalue weighted by Crippen LogP contribution is -2.21. The molecule has 1 saturated carbocycles. The van der Waals surface area contributed by atoms with Crippen molar-refractivity contribution in [3.05, 3.63) is 17.3 Å². The van der Waals surface area contributed by atoms with E-state index in [0.717, 1.165) is 24.2 Å². The van der Waals surface area contributed by atoms with Crippen molar-refractivity contribution in [1.82, 2.24) is 4.98 Å². The van der Waals surface area contributed by atoms with Crippen LogP contribution in [0.4, 0.5) is 11.5 Å². The maximum absolute atomic E-state index is 5.88. The van der Waals surface area contributed by atoms with Gasteiger partial charge in [-0.3, -0.25) is 0 Å². The SMILES string of the molecule is CCC1CCC(CNc2cc(N)cc(Cl)n2)CC1. The van der Waals surface area contributed by atoms with Gasteiger partial charge in [-0.1, -0.05) is 37.8 Å². The summed E-state index contributed by atoms with van der Waals surface area (Å²) < 4.78 is 0. The van der Waals surface area contributed by atoms with Crippen LogP contribution >= 0.6 is 11.6 Å². The number of rotatable bonds is 4. The first-order valence-corrected chi connectivity index (χ1v) is 7.22. The smallest absolute Gasteiger partial charge is 0.133 e. The zero-order valence-electron chi connectivity index (χ0n) is 11.0. The molecule has 0 aromatic carbocycles. The van der Waals surface area contributed by atoms with E-state index in [4.69, 9.17) is 17.3 Å². The van der Waals surface area contributed by atoms with E-state index in [2.05, 4.69) is 17.2 Å². The lowest BCUT2D eigenvalue weighted by atomic mass is 9.81. The number of anilines is 2. The average molecular weight is 268 g/mol. The van der Waals surface area contributed by atoms with E-state index in [1.807, 2.05) is 6.07 Å². The molecule has 0 amide bonds. The summed E-state index contributed by atoms with van der Waals surface area (Å²) in [5, 5.41) is 3.80. The fourth-order valence-corrected chi connectivity index (χ4v) is 2.92. The highest BCUT2D eigenvalue weighted by molar-refractivity contribution is 6.29. The Hall–Kier alpha value is -0.960. The number of hydrogen-bond donors (Lipinski definition) is 2. The van der Waals surface area contributed by atoms with Crippen molar-refractivity contribution < 1.29 is 0 Å². The molecule has 1 aromatic rings. The van der Waals surface area contributed by atoms with Crippen molar-refractivity contribution in [2.45, 2.75) is 39.0 Å². The first-order valence-electron chi connectivity index (χ1n) is 6.84. The van der Waals surface area contributed by atoms with Gasteiger partial charge in [-0.2, -0.15) is 0 Å². The number of nitrogens with zero attached hydrogens (tertiary/aromatic N) is 1. The normalized spacial score (nSPS) is 23.9. The zero-order valence-corrected chi connectivity index (χ0v) is 11.7. The third-order valence-corrected chi connectivity index (χ3v) is 4.13. The second-order valence-corrected chi connectivity index (χ2v) is 5.67. The van der Waals surface area contributed by atoms with E-state index >= 15 is 0 Å². The average Bonchev–Trinajstić information content (AvgIpc) is 2.36. The zero-order chi connectivity index (χ0) is 13.0. The molecule has 18 heavy (non-hydrogen) atoms. The molecule has 0 spiro atoms. The standard InChI is InChI=1S/C14H22ClN3/c1-2-10-3-5-11(6-4-10)9-17-14-8-12(16)7-13(15)18-14/h7-8,10-11H,2-6,9H2,1H3,(H3,16,17,18). The molecule has 3 nitrogen and oxygen atoms in total. The molecule has 1 aliphatic carbocycles. The minimum absolute atomic E-state index is 0.451. The van der Waals surface area contributed by atoms with Gasteiger partial charge in [-0.05, 0) is 30.7 Å². The third-order valence-electron chi connectivity index (χ3n) is 3.93. The summed E-state index contributed by atoms with van der Waals surface area (Å²) in [5.74, 6) is 2.49. The van der Waals surface area contributed by atoms with E-state index in [0.29, 0.717) is 10.8 Å². The van der Waals surface area contributed by atoms with Gasteiger partial charge in [0.2, 0.25) is 0 Å². The summed E-state index contributed by atoms with van der Waals surface area (Å²) >= 11 is 5.88. The van der Waals surface area contributed by atoms with Crippen molar-refractivity contribution in [3.8, 4) is 0 Å². The molecule has 1 heterocycles. The molecule has 1 aromatic heterocycles. The largest absolute Gasteiger partial charge is 0.399 e. The van der Waals surface area contributed by atoms with Gasteiger partial charge < -0.3 is 11.1 Å². The van der Waals surface area contributed by atoms with Crippen LogP contribution in [-0.4, -0.2) is 11.5 Å². The fraction of sp³-hybridized carbons (Fsp3) is 0.643. The van der Waals surface area contributed by atoms with Crippen molar-refractivity contribution in [1.29, 1.82) is 0 Å². The highest BCUT2D eigenvalue weighted by Crippen LogP contribution is 2.30. The first kappa shape index (κ1) is 13.5. The van der Waals surface area contributed by atoms with E-state index in [1.54, 1.807) is 6.07 Å². The van der Waals surface area contributed by atoms with E-state index in [-0.39, 0.29) is 0 Å². The summed E-state index contributed by atoms with van der Waals surface area (Å²) in [4.78, 5) is 4.22. The Labute approximate surface area is 114 Å². The number of halogens is 1. The maximum atomic E-state index is 5.88. The molecule has 0 aliphatic heterocycles. The van der Waals surface area contributed by atoms with Gasteiger partial charge in [0.05, 0.1) is 0 Å². The van der Waals surface area contributed by atoms with Gasteiger partial charge in [0.15, 0.2) is 0 Å². The molecule has 3 N–H and O–H groups in total. The number of pyridine rings is 1. The summed E-state index contributed by atoms with van der Waals surface area (Å²) in [6, 6.07) is 3.50. The van der Waals surface area contributed by atoms with Crippen LogP contribution in [0.1, 0.15) is 39.0 Å². The van der Waals surface area contributed by atoms with Gasteiger partial charge in [0.25, 0.3) is 0 Å². The first-order chi connectivity index (χ1) is 8.67. The Bertz CT molecular complexity index is 366. The Morgan fingerprint density at radius 3 is 2.56 bits per heavy atom. The summed E-state index contributed by atoms with van der Waals surface area (Å²) in [7, 11) is 0. The number of nitrogens with two attached hydrogens (primary N) is 1. The van der Waals surface area contributed by atoms with Crippen LogP contribution in [0.2, 0.25) is 5.15 Å². The van der Waals surface area contributed by atoms with Crippen LogP contribution in [0.25, 0.3) is 0 Å². The molecule has 0 unspecified atom stereocenters.